The highest BCUT2D eigenvalue weighted by molar-refractivity contribution is 6.04. The Labute approximate surface area is 236 Å². The number of amides is 2. The van der Waals surface area contributed by atoms with Crippen LogP contribution >= 0.6 is 0 Å². The quantitative estimate of drug-likeness (QED) is 0.540. The normalized spacial score (nSPS) is 22.3. The van der Waals surface area contributed by atoms with Crippen LogP contribution in [0.2, 0.25) is 0 Å². The van der Waals surface area contributed by atoms with E-state index in [0.29, 0.717) is 34.9 Å². The van der Waals surface area contributed by atoms with Gasteiger partial charge in [-0.2, -0.15) is 4.98 Å². The molecule has 0 radical (unpaired) electrons. The number of carbonyl (C=O) groups excluding carboxylic acids is 2. The van der Waals surface area contributed by atoms with Crippen LogP contribution in [-0.2, 0) is 4.79 Å². The van der Waals surface area contributed by atoms with Gasteiger partial charge in [0.1, 0.15) is 17.5 Å². The number of carbonyl (C=O) groups is 2. The maximum Gasteiger partial charge on any atom is 0.254 e. The van der Waals surface area contributed by atoms with Crippen molar-refractivity contribution < 1.29 is 14.3 Å². The fraction of sp³-hybridized carbons (Fsp3) is 0.600. The summed E-state index contributed by atoms with van der Waals surface area (Å²) in [5.74, 6) is 3.27. The zero-order chi connectivity index (χ0) is 27.8. The van der Waals surface area contributed by atoms with Crippen LogP contribution in [-0.4, -0.2) is 79.1 Å². The van der Waals surface area contributed by atoms with E-state index in [2.05, 4.69) is 27.4 Å². The van der Waals surface area contributed by atoms with E-state index in [0.717, 1.165) is 62.9 Å². The molecule has 2 N–H and O–H groups in total. The molecule has 4 heterocycles. The van der Waals surface area contributed by atoms with Gasteiger partial charge in [-0.1, -0.05) is 19.8 Å². The molecule has 2 saturated heterocycles. The third-order valence-electron chi connectivity index (χ3n) is 9.35. The van der Waals surface area contributed by atoms with Gasteiger partial charge < -0.3 is 30.1 Å². The number of likely N-dealkylation sites (N-methyl/N-ethyl adjacent to an activating group) is 1. The Hall–Kier alpha value is -3.40. The van der Waals surface area contributed by atoms with Crippen molar-refractivity contribution in [1.82, 2.24) is 20.2 Å². The number of nitrogens with one attached hydrogen (secondary N) is 2. The molecule has 3 aliphatic heterocycles. The highest BCUT2D eigenvalue weighted by Gasteiger charge is 2.41. The topological polar surface area (TPSA) is 103 Å². The highest BCUT2D eigenvalue weighted by Crippen LogP contribution is 2.40. The first kappa shape index (κ1) is 26.8. The maximum absolute atomic E-state index is 13.2. The van der Waals surface area contributed by atoms with Gasteiger partial charge in [0, 0.05) is 31.7 Å². The molecule has 1 aromatic heterocycles. The van der Waals surface area contributed by atoms with E-state index in [-0.39, 0.29) is 17.9 Å². The zero-order valence-corrected chi connectivity index (χ0v) is 23.9. The first-order valence-corrected chi connectivity index (χ1v) is 14.9. The molecular formula is C30H41N7O3. The number of fused-ring (bicyclic) bond motifs is 1. The van der Waals surface area contributed by atoms with Crippen LogP contribution in [0.5, 0.6) is 5.75 Å². The van der Waals surface area contributed by atoms with Crippen molar-refractivity contribution >= 4 is 35.0 Å². The van der Waals surface area contributed by atoms with Gasteiger partial charge in [0.15, 0.2) is 5.82 Å². The maximum atomic E-state index is 13.2. The van der Waals surface area contributed by atoms with Gasteiger partial charge in [-0.15, -0.1) is 0 Å². The fourth-order valence-corrected chi connectivity index (χ4v) is 6.97. The van der Waals surface area contributed by atoms with Crippen molar-refractivity contribution in [2.24, 2.45) is 11.8 Å². The Bertz CT molecular complexity index is 1250. The summed E-state index contributed by atoms with van der Waals surface area (Å²) in [6.07, 6.45) is 9.34. The van der Waals surface area contributed by atoms with Crippen molar-refractivity contribution in [1.29, 1.82) is 0 Å². The van der Waals surface area contributed by atoms with E-state index < -0.39 is 0 Å². The minimum absolute atomic E-state index is 0.0468. The number of methoxy groups -OCH3 is 1. The second-order valence-corrected chi connectivity index (χ2v) is 11.7. The molecular weight excluding hydrogens is 506 g/mol. The molecule has 214 valence electrons. The van der Waals surface area contributed by atoms with Gasteiger partial charge in [0.2, 0.25) is 11.9 Å². The van der Waals surface area contributed by atoms with Crippen molar-refractivity contribution in [3.05, 3.63) is 30.0 Å². The predicted octanol–water partition coefficient (Wildman–Crippen LogP) is 3.80. The van der Waals surface area contributed by atoms with Gasteiger partial charge in [-0.05, 0) is 75.2 Å². The lowest BCUT2D eigenvalue weighted by atomic mass is 9.80. The number of hydrogen-bond acceptors (Lipinski definition) is 8. The van der Waals surface area contributed by atoms with E-state index >= 15 is 0 Å². The van der Waals surface area contributed by atoms with Gasteiger partial charge in [0.25, 0.3) is 5.91 Å². The Morgan fingerprint density at radius 3 is 2.58 bits per heavy atom. The third kappa shape index (κ3) is 4.87. The van der Waals surface area contributed by atoms with Crippen LogP contribution in [0.4, 0.5) is 23.1 Å². The zero-order valence-electron chi connectivity index (χ0n) is 23.9. The Morgan fingerprint density at radius 2 is 1.88 bits per heavy atom. The van der Waals surface area contributed by atoms with E-state index in [9.17, 15) is 9.59 Å². The molecule has 0 spiro atoms. The lowest BCUT2D eigenvalue weighted by molar-refractivity contribution is -0.120. The number of piperidine rings is 1. The molecule has 1 aromatic carbocycles. The minimum atomic E-state index is -0.223. The van der Waals surface area contributed by atoms with Crippen LogP contribution < -0.4 is 25.2 Å². The molecule has 3 fully saturated rings. The molecule has 0 unspecified atom stereocenters. The van der Waals surface area contributed by atoms with E-state index in [1.807, 2.05) is 17.0 Å². The number of likely N-dealkylation sites (tertiary alicyclic amines) is 1. The fourth-order valence-electron chi connectivity index (χ4n) is 6.97. The average molecular weight is 548 g/mol. The molecule has 1 aliphatic carbocycles. The number of hydrogen-bond donors (Lipinski definition) is 2. The van der Waals surface area contributed by atoms with Gasteiger partial charge in [-0.3, -0.25) is 9.59 Å². The van der Waals surface area contributed by atoms with Gasteiger partial charge >= 0.3 is 0 Å². The Balaban J connectivity index is 1.20. The van der Waals surface area contributed by atoms with Crippen LogP contribution in [0, 0.1) is 11.8 Å². The number of aromatic nitrogens is 2. The molecule has 0 bridgehead atoms. The largest absolute Gasteiger partial charge is 0.495 e. The first-order chi connectivity index (χ1) is 19.5. The highest BCUT2D eigenvalue weighted by atomic mass is 16.5. The Kier molecular flexibility index (Phi) is 7.53. The lowest BCUT2D eigenvalue weighted by Crippen LogP contribution is -2.55. The molecule has 2 amide bonds. The average Bonchev–Trinajstić information content (AvgIpc) is 3.49. The van der Waals surface area contributed by atoms with Crippen molar-refractivity contribution in [3.8, 4) is 5.75 Å². The molecule has 2 aromatic rings. The minimum Gasteiger partial charge on any atom is -0.495 e. The second kappa shape index (κ2) is 11.2. The molecule has 1 saturated carbocycles. The number of rotatable bonds is 7. The molecule has 4 aliphatic rings. The van der Waals surface area contributed by atoms with E-state index in [1.165, 1.54) is 25.7 Å². The van der Waals surface area contributed by atoms with Crippen molar-refractivity contribution in [2.45, 2.75) is 64.0 Å². The molecule has 1 atom stereocenters. The van der Waals surface area contributed by atoms with Crippen LogP contribution in [0.25, 0.3) is 0 Å². The summed E-state index contributed by atoms with van der Waals surface area (Å²) >= 11 is 0. The SMILES string of the molecule is CC[C@@H]1C(=O)N(C)c2cnc(Nc3ccc(C(=O)N4CC(C5CCNCC5)C4)cc3OC)nc2N1C1CCCC1. The summed E-state index contributed by atoms with van der Waals surface area (Å²) in [7, 11) is 3.41. The second-order valence-electron chi connectivity index (χ2n) is 11.7. The van der Waals surface area contributed by atoms with Gasteiger partial charge in [0.05, 0.1) is 19.0 Å². The van der Waals surface area contributed by atoms with Crippen LogP contribution in [0.15, 0.2) is 24.4 Å². The number of benzene rings is 1. The van der Waals surface area contributed by atoms with Crippen LogP contribution in [0.3, 0.4) is 0 Å². The van der Waals surface area contributed by atoms with E-state index in [1.54, 1.807) is 31.3 Å². The smallest absolute Gasteiger partial charge is 0.254 e. The summed E-state index contributed by atoms with van der Waals surface area (Å²) in [5, 5.41) is 6.73. The van der Waals surface area contributed by atoms with Crippen molar-refractivity contribution in [2.75, 3.05) is 55.5 Å². The summed E-state index contributed by atoms with van der Waals surface area (Å²) < 4.78 is 5.68. The lowest BCUT2D eigenvalue weighted by Gasteiger charge is -2.44. The van der Waals surface area contributed by atoms with Crippen LogP contribution in [0.1, 0.15) is 62.2 Å². The number of ether oxygens (including phenoxy) is 1. The molecule has 6 rings (SSSR count). The summed E-state index contributed by atoms with van der Waals surface area (Å²) in [5.41, 5.74) is 2.04. The number of anilines is 4. The third-order valence-corrected chi connectivity index (χ3v) is 9.35. The summed E-state index contributed by atoms with van der Waals surface area (Å²) in [6, 6.07) is 5.58. The van der Waals surface area contributed by atoms with E-state index in [4.69, 9.17) is 9.72 Å². The standard InChI is InChI=1S/C30H41N7O3/c1-4-24-29(39)35(2)25-16-32-30(34-27(25)37(24)22-7-5-6-8-22)33-23-10-9-20(15-26(23)40-3)28(38)36-17-21(18-36)19-11-13-31-14-12-19/h9-10,15-16,19,21-22,24,31H,4-8,11-14,17-18H2,1-3H3,(H,32,33,34)/t24-/m1/s1. The molecule has 40 heavy (non-hydrogen) atoms. The van der Waals surface area contributed by atoms with Gasteiger partial charge in [-0.25, -0.2) is 4.98 Å². The Morgan fingerprint density at radius 1 is 1.12 bits per heavy atom. The van der Waals surface area contributed by atoms with Crippen molar-refractivity contribution in [3.63, 3.8) is 0 Å². The molecule has 10 nitrogen and oxygen atoms in total. The predicted molar refractivity (Wildman–Crippen MR) is 156 cm³/mol. The first-order valence-electron chi connectivity index (χ1n) is 14.9. The monoisotopic (exact) mass is 547 g/mol. The molecule has 10 heteroatoms. The number of nitrogens with zero attached hydrogens (tertiary/aromatic N) is 5. The summed E-state index contributed by atoms with van der Waals surface area (Å²) in [4.78, 5) is 41.7. The summed E-state index contributed by atoms with van der Waals surface area (Å²) in [6.45, 7) is 5.90.